The first kappa shape index (κ1) is 68.4. The summed E-state index contributed by atoms with van der Waals surface area (Å²) in [6.45, 7) is 10.7. The molecule has 0 saturated heterocycles. The Morgan fingerprint density at radius 3 is 0.899 bits per heavy atom. The number of carbonyl (C=O) groups excluding carboxylic acids is 6. The zero-order chi connectivity index (χ0) is 63.3. The third-order valence-electron chi connectivity index (χ3n) is 12.6. The molecule has 0 spiro atoms. The van der Waals surface area contributed by atoms with Crippen molar-refractivity contribution in [2.75, 3.05) is 93.5 Å². The fraction of sp³-hybridized carbons (Fsp3) is 0.324. The van der Waals surface area contributed by atoms with Crippen molar-refractivity contribution in [3.05, 3.63) is 181 Å². The molecule has 21 nitrogen and oxygen atoms in total. The summed E-state index contributed by atoms with van der Waals surface area (Å²) < 4.78 is 83.0. The molecule has 6 aromatic rings. The highest BCUT2D eigenvalue weighted by molar-refractivity contribution is 5.94. The zero-order valence-electron chi connectivity index (χ0n) is 50.0. The Morgan fingerprint density at radius 2 is 0.584 bits per heavy atom. The van der Waals surface area contributed by atoms with Crippen LogP contribution in [0, 0.1) is 0 Å². The normalized spacial score (nSPS) is 10.6. The molecule has 6 rings (SSSR count). The summed E-state index contributed by atoms with van der Waals surface area (Å²) >= 11 is 0. The van der Waals surface area contributed by atoms with Crippen molar-refractivity contribution in [1.29, 1.82) is 0 Å². The molecule has 0 fully saturated rings. The Balaban J connectivity index is 0.773. The molecule has 0 aliphatic rings. The summed E-state index contributed by atoms with van der Waals surface area (Å²) in [4.78, 5) is 73.8. The van der Waals surface area contributed by atoms with Crippen molar-refractivity contribution < 1.29 is 99.8 Å². The lowest BCUT2D eigenvalue weighted by atomic mass is 10.2. The predicted molar refractivity (Wildman–Crippen MR) is 325 cm³/mol. The molecule has 472 valence electrons. The SMILES string of the molecule is C=CC(=O)OCCCCCCOc1ccc(C(=O)Oc2ccc(OC(=O)c3ccc(OCCOCCOCCOCCOc4ccc(C(=O)Oc5ccc(OC(=O)c6ccc(OCCCCCCOC(=O)C=C)cc6)cc5)cc4OC)c(OC)c3)cc2)cc1. The maximum atomic E-state index is 13.0. The molecule has 0 saturated carbocycles. The van der Waals surface area contributed by atoms with Crippen LogP contribution in [0.1, 0.15) is 92.8 Å². The van der Waals surface area contributed by atoms with Crippen LogP contribution in [0.5, 0.6) is 57.5 Å². The monoisotopic (exact) mass is 1230 g/mol. The molecule has 6 aromatic carbocycles. The van der Waals surface area contributed by atoms with E-state index in [0.29, 0.717) is 98.5 Å². The van der Waals surface area contributed by atoms with Crippen LogP contribution in [0.3, 0.4) is 0 Å². The number of methoxy groups -OCH3 is 2. The van der Waals surface area contributed by atoms with Crippen LogP contribution in [-0.4, -0.2) is 129 Å². The minimum absolute atomic E-state index is 0.204. The van der Waals surface area contributed by atoms with Crippen LogP contribution in [0.25, 0.3) is 0 Å². The number of carbonyl (C=O) groups is 6. The molecular formula is C68H74O21. The quantitative estimate of drug-likeness (QED) is 0.0150. The van der Waals surface area contributed by atoms with Gasteiger partial charge in [0.2, 0.25) is 0 Å². The van der Waals surface area contributed by atoms with E-state index in [1.54, 1.807) is 72.8 Å². The lowest BCUT2D eigenvalue weighted by Gasteiger charge is -2.13. The molecule has 0 heterocycles. The first-order chi connectivity index (χ1) is 43.4. The van der Waals surface area contributed by atoms with Gasteiger partial charge in [0.25, 0.3) is 0 Å². The molecule has 0 atom stereocenters. The van der Waals surface area contributed by atoms with Gasteiger partial charge in [0.1, 0.15) is 47.7 Å². The van der Waals surface area contributed by atoms with E-state index in [1.807, 2.05) is 0 Å². The van der Waals surface area contributed by atoms with Gasteiger partial charge in [0.05, 0.1) is 103 Å². The Hall–Kier alpha value is -9.70. The van der Waals surface area contributed by atoms with Crippen LogP contribution < -0.4 is 47.4 Å². The molecule has 0 aliphatic carbocycles. The molecule has 0 N–H and O–H groups in total. The number of hydrogen-bond donors (Lipinski definition) is 0. The van der Waals surface area contributed by atoms with Crippen molar-refractivity contribution in [2.24, 2.45) is 0 Å². The summed E-state index contributed by atoms with van der Waals surface area (Å²) in [7, 11) is 2.92. The second-order valence-electron chi connectivity index (χ2n) is 19.1. The summed E-state index contributed by atoms with van der Waals surface area (Å²) in [6.07, 6.45) is 9.14. The molecule has 0 unspecified atom stereocenters. The van der Waals surface area contributed by atoms with Gasteiger partial charge < -0.3 is 71.1 Å². The fourth-order valence-electron chi connectivity index (χ4n) is 7.94. The maximum Gasteiger partial charge on any atom is 0.343 e. The largest absolute Gasteiger partial charge is 0.494 e. The Labute approximate surface area is 517 Å². The molecule has 0 aromatic heterocycles. The summed E-state index contributed by atoms with van der Waals surface area (Å²) in [5.41, 5.74) is 1.11. The Kier molecular flexibility index (Phi) is 30.1. The Morgan fingerprint density at radius 1 is 0.303 bits per heavy atom. The van der Waals surface area contributed by atoms with Gasteiger partial charge in [-0.25, -0.2) is 28.8 Å². The van der Waals surface area contributed by atoms with E-state index in [4.69, 9.17) is 71.1 Å². The lowest BCUT2D eigenvalue weighted by Crippen LogP contribution is -2.14. The number of benzene rings is 6. The summed E-state index contributed by atoms with van der Waals surface area (Å²) in [6, 6.07) is 34.7. The van der Waals surface area contributed by atoms with Crippen LogP contribution in [0.2, 0.25) is 0 Å². The predicted octanol–water partition coefficient (Wildman–Crippen LogP) is 11.4. The smallest absolute Gasteiger partial charge is 0.343 e. The Bertz CT molecular complexity index is 2960. The lowest BCUT2D eigenvalue weighted by molar-refractivity contribution is -0.138. The molecule has 0 radical (unpaired) electrons. The van der Waals surface area contributed by atoms with Crippen LogP contribution in [0.15, 0.2) is 159 Å². The summed E-state index contributed by atoms with van der Waals surface area (Å²) in [5.74, 6) is 0.445. The van der Waals surface area contributed by atoms with Crippen molar-refractivity contribution in [3.8, 4) is 57.5 Å². The topological polar surface area (TPSA) is 241 Å². The first-order valence-corrected chi connectivity index (χ1v) is 28.9. The molecular weight excluding hydrogens is 1150 g/mol. The number of unbranched alkanes of at least 4 members (excludes halogenated alkanes) is 6. The maximum absolute atomic E-state index is 13.0. The van der Waals surface area contributed by atoms with Crippen molar-refractivity contribution in [1.82, 2.24) is 0 Å². The fourth-order valence-corrected chi connectivity index (χ4v) is 7.94. The standard InChI is InChI=1S/C68H74O21/c1-5-63(69)84-37-13-9-7-11-35-80-53-21-15-49(16-22-53)65(71)86-55-25-29-57(30-26-55)88-67(73)51-19-33-59(61(47-51)75-3)82-45-43-78-41-39-77-40-42-79-44-46-83-60-34-20-52(48-62(60)76-4)68(74)89-58-31-27-56(28-32-58)87-66(72)50-17-23-54(24-18-50)81-36-12-8-10-14-38-85-64(70)6-2/h5-6,15-34,47-48H,1-2,7-14,35-46H2,3-4H3. The number of ether oxygens (including phenoxy) is 15. The van der Waals surface area contributed by atoms with Gasteiger partial charge in [-0.3, -0.25) is 0 Å². The van der Waals surface area contributed by atoms with Crippen LogP contribution in [-0.2, 0) is 33.3 Å². The minimum atomic E-state index is -0.636. The highest BCUT2D eigenvalue weighted by Gasteiger charge is 2.18. The number of esters is 6. The second kappa shape index (κ2) is 39.2. The van der Waals surface area contributed by atoms with Gasteiger partial charge >= 0.3 is 35.8 Å². The van der Waals surface area contributed by atoms with E-state index < -0.39 is 35.8 Å². The average molecular weight is 1230 g/mol. The number of rotatable bonds is 42. The van der Waals surface area contributed by atoms with E-state index in [0.717, 1.165) is 63.5 Å². The number of hydrogen-bond acceptors (Lipinski definition) is 21. The molecule has 89 heavy (non-hydrogen) atoms. The second-order valence-corrected chi connectivity index (χ2v) is 19.1. The first-order valence-electron chi connectivity index (χ1n) is 28.9. The van der Waals surface area contributed by atoms with Gasteiger partial charge in [0, 0.05) is 12.2 Å². The van der Waals surface area contributed by atoms with E-state index in [9.17, 15) is 28.8 Å². The zero-order valence-corrected chi connectivity index (χ0v) is 50.0. The van der Waals surface area contributed by atoms with Crippen molar-refractivity contribution in [2.45, 2.75) is 51.4 Å². The van der Waals surface area contributed by atoms with Gasteiger partial charge in [0.15, 0.2) is 23.0 Å². The van der Waals surface area contributed by atoms with Gasteiger partial charge in [-0.1, -0.05) is 13.2 Å². The van der Waals surface area contributed by atoms with E-state index in [2.05, 4.69) is 13.2 Å². The van der Waals surface area contributed by atoms with Gasteiger partial charge in [-0.05, 0) is 185 Å². The molecule has 0 aliphatic heterocycles. The van der Waals surface area contributed by atoms with Gasteiger partial charge in [-0.2, -0.15) is 0 Å². The van der Waals surface area contributed by atoms with Crippen LogP contribution in [0.4, 0.5) is 0 Å². The highest BCUT2D eigenvalue weighted by Crippen LogP contribution is 2.31. The van der Waals surface area contributed by atoms with E-state index >= 15 is 0 Å². The summed E-state index contributed by atoms with van der Waals surface area (Å²) in [5, 5.41) is 0. The third kappa shape index (κ3) is 25.3. The van der Waals surface area contributed by atoms with E-state index in [-0.39, 0.29) is 60.6 Å². The van der Waals surface area contributed by atoms with Crippen molar-refractivity contribution in [3.63, 3.8) is 0 Å². The van der Waals surface area contributed by atoms with Crippen LogP contribution >= 0.6 is 0 Å². The van der Waals surface area contributed by atoms with Crippen molar-refractivity contribution >= 4 is 35.8 Å². The van der Waals surface area contributed by atoms with Gasteiger partial charge in [-0.15, -0.1) is 0 Å². The minimum Gasteiger partial charge on any atom is -0.494 e. The molecule has 0 amide bonds. The highest BCUT2D eigenvalue weighted by atomic mass is 16.6. The average Bonchev–Trinajstić information content (AvgIpc) is 2.78. The molecule has 0 bridgehead atoms. The molecule has 21 heteroatoms. The third-order valence-corrected chi connectivity index (χ3v) is 12.6. The van der Waals surface area contributed by atoms with E-state index in [1.165, 1.54) is 74.9 Å².